The third-order valence-electron chi connectivity index (χ3n) is 9.32. The Balaban J connectivity index is 1.54. The number of likely N-dealkylation sites (tertiary alicyclic amines) is 1. The molecule has 3 heterocycles. The largest absolute Gasteiger partial charge is 0.487 e. The van der Waals surface area contributed by atoms with Gasteiger partial charge in [0.1, 0.15) is 23.7 Å². The number of carboxylic acids is 1. The van der Waals surface area contributed by atoms with Crippen molar-refractivity contribution in [2.45, 2.75) is 71.4 Å². The summed E-state index contributed by atoms with van der Waals surface area (Å²) in [5.41, 5.74) is -0.221. The van der Waals surface area contributed by atoms with Gasteiger partial charge < -0.3 is 19.6 Å². The van der Waals surface area contributed by atoms with Crippen LogP contribution in [0.3, 0.4) is 0 Å². The first kappa shape index (κ1) is 30.2. The Labute approximate surface area is 247 Å². The van der Waals surface area contributed by atoms with Gasteiger partial charge in [-0.25, -0.2) is 13.5 Å². The SMILES string of the molecule is CC1CCN(C[C@@H]2c3c(OCc4nnn(C)c4C(F)F)ccc(Cl)c3CCN2C(=O)[C@@H]2CCCC[C@]2(C)C(=O)O)C1=O. The van der Waals surface area contributed by atoms with E-state index in [1.807, 2.05) is 6.92 Å². The number of ether oxygens (including phenoxy) is 1. The van der Waals surface area contributed by atoms with Crippen LogP contribution in [0.2, 0.25) is 5.02 Å². The number of carboxylic acid groups (broad SMARTS) is 1. The number of carbonyl (C=O) groups is 3. The molecule has 2 fully saturated rings. The molecular formula is C29H36ClF2N5O5. The quantitative estimate of drug-likeness (QED) is 0.467. The molecule has 0 bridgehead atoms. The third-order valence-corrected chi connectivity index (χ3v) is 9.68. The zero-order valence-electron chi connectivity index (χ0n) is 24.0. The highest BCUT2D eigenvalue weighted by atomic mass is 35.5. The first-order valence-corrected chi connectivity index (χ1v) is 14.7. The summed E-state index contributed by atoms with van der Waals surface area (Å²) in [4.78, 5) is 43.1. The standard InChI is InChI=1S/C29H36ClF2N5O5/c1-16-9-12-36(26(16)38)14-21-23-17(10-13-37(21)27(39)18-6-4-5-11-29(18,2)28(40)41)19(30)7-8-22(23)42-15-20-24(25(31)32)35(3)34-33-20/h7-8,16,18,21,25H,4-6,9-15H2,1-3H3,(H,40,41)/t16?,18-,21+,29-/m0/s1. The lowest BCUT2D eigenvalue weighted by molar-refractivity contribution is -0.162. The molecule has 4 atom stereocenters. The highest BCUT2D eigenvalue weighted by molar-refractivity contribution is 6.31. The number of nitrogens with zero attached hydrogens (tertiary/aromatic N) is 5. The van der Waals surface area contributed by atoms with Crippen molar-refractivity contribution in [1.82, 2.24) is 24.8 Å². The van der Waals surface area contributed by atoms with Gasteiger partial charge in [0.2, 0.25) is 11.8 Å². The molecule has 1 aliphatic carbocycles. The number of carbonyl (C=O) groups excluding carboxylic acids is 2. The van der Waals surface area contributed by atoms with Crippen LogP contribution < -0.4 is 4.74 Å². The number of benzene rings is 1. The van der Waals surface area contributed by atoms with Crippen molar-refractivity contribution in [3.63, 3.8) is 0 Å². The normalized spacial score (nSPS) is 26.1. The van der Waals surface area contributed by atoms with Crippen LogP contribution in [0.1, 0.15) is 80.9 Å². The molecule has 1 unspecified atom stereocenters. The molecule has 1 saturated heterocycles. The molecule has 228 valence electrons. The summed E-state index contributed by atoms with van der Waals surface area (Å²) in [5, 5.41) is 18.1. The van der Waals surface area contributed by atoms with Crippen molar-refractivity contribution in [1.29, 1.82) is 0 Å². The number of hydrogen-bond acceptors (Lipinski definition) is 6. The molecule has 5 rings (SSSR count). The van der Waals surface area contributed by atoms with E-state index in [4.69, 9.17) is 16.3 Å². The average Bonchev–Trinajstić information content (AvgIpc) is 3.49. The van der Waals surface area contributed by atoms with E-state index < -0.39 is 29.8 Å². The van der Waals surface area contributed by atoms with Crippen LogP contribution in [0.15, 0.2) is 12.1 Å². The molecule has 2 amide bonds. The number of hydrogen-bond donors (Lipinski definition) is 1. The summed E-state index contributed by atoms with van der Waals surface area (Å²) >= 11 is 6.66. The summed E-state index contributed by atoms with van der Waals surface area (Å²) in [7, 11) is 1.38. The van der Waals surface area contributed by atoms with Crippen LogP contribution in [-0.4, -0.2) is 67.3 Å². The predicted octanol–water partition coefficient (Wildman–Crippen LogP) is 4.56. The predicted molar refractivity (Wildman–Crippen MR) is 148 cm³/mol. The van der Waals surface area contributed by atoms with Crippen LogP contribution in [0, 0.1) is 17.3 Å². The van der Waals surface area contributed by atoms with Gasteiger partial charge in [0, 0.05) is 43.2 Å². The molecule has 13 heteroatoms. The fraction of sp³-hybridized carbons (Fsp3) is 0.621. The Morgan fingerprint density at radius 1 is 1.24 bits per heavy atom. The van der Waals surface area contributed by atoms with Crippen molar-refractivity contribution in [3.05, 3.63) is 39.7 Å². The number of aryl methyl sites for hydroxylation is 1. The van der Waals surface area contributed by atoms with Crippen LogP contribution in [0.25, 0.3) is 0 Å². The lowest BCUT2D eigenvalue weighted by Crippen LogP contribution is -2.52. The Hall–Kier alpha value is -3.28. The zero-order chi connectivity index (χ0) is 30.3. The van der Waals surface area contributed by atoms with Crippen molar-refractivity contribution >= 4 is 29.4 Å². The summed E-state index contributed by atoms with van der Waals surface area (Å²) in [5.74, 6) is -1.82. The number of fused-ring (bicyclic) bond motifs is 1. The minimum absolute atomic E-state index is 0.0144. The lowest BCUT2D eigenvalue weighted by atomic mass is 9.66. The zero-order valence-corrected chi connectivity index (χ0v) is 24.7. The highest BCUT2D eigenvalue weighted by Gasteiger charge is 2.50. The van der Waals surface area contributed by atoms with E-state index in [1.165, 1.54) is 7.05 Å². The van der Waals surface area contributed by atoms with Crippen LogP contribution in [-0.2, 0) is 34.5 Å². The minimum atomic E-state index is -2.80. The summed E-state index contributed by atoms with van der Waals surface area (Å²) in [6.07, 6.45) is 0.623. The summed E-state index contributed by atoms with van der Waals surface area (Å²) in [6.45, 7) is 4.22. The molecule has 0 radical (unpaired) electrons. The Bertz CT molecular complexity index is 1390. The van der Waals surface area contributed by atoms with E-state index in [2.05, 4.69) is 10.3 Å². The second-order valence-corrected chi connectivity index (χ2v) is 12.3. The first-order valence-electron chi connectivity index (χ1n) is 14.4. The number of aromatic nitrogens is 3. The molecule has 42 heavy (non-hydrogen) atoms. The summed E-state index contributed by atoms with van der Waals surface area (Å²) < 4.78 is 34.5. The third kappa shape index (κ3) is 5.33. The first-order chi connectivity index (χ1) is 19.9. The fourth-order valence-corrected chi connectivity index (χ4v) is 7.01. The maximum atomic E-state index is 14.3. The molecule has 10 nitrogen and oxygen atoms in total. The van der Waals surface area contributed by atoms with Crippen molar-refractivity contribution in [2.75, 3.05) is 19.6 Å². The average molecular weight is 608 g/mol. The fourth-order valence-electron chi connectivity index (χ4n) is 6.75. The second-order valence-electron chi connectivity index (χ2n) is 11.9. The summed E-state index contributed by atoms with van der Waals surface area (Å²) in [6, 6.07) is 2.64. The van der Waals surface area contributed by atoms with Gasteiger partial charge in [-0.05, 0) is 50.3 Å². The van der Waals surface area contributed by atoms with Gasteiger partial charge in [0.25, 0.3) is 6.43 Å². The van der Waals surface area contributed by atoms with Gasteiger partial charge in [0.15, 0.2) is 0 Å². The van der Waals surface area contributed by atoms with Gasteiger partial charge in [-0.2, -0.15) is 0 Å². The van der Waals surface area contributed by atoms with Gasteiger partial charge in [-0.1, -0.05) is 36.6 Å². The lowest BCUT2D eigenvalue weighted by Gasteiger charge is -2.45. The topological polar surface area (TPSA) is 118 Å². The molecule has 0 spiro atoms. The van der Waals surface area contributed by atoms with E-state index in [0.29, 0.717) is 55.1 Å². The molecule has 2 aliphatic heterocycles. The number of alkyl halides is 2. The number of amides is 2. The van der Waals surface area contributed by atoms with Gasteiger partial charge in [-0.15, -0.1) is 5.10 Å². The van der Waals surface area contributed by atoms with Gasteiger partial charge in [-0.3, -0.25) is 14.4 Å². The van der Waals surface area contributed by atoms with Gasteiger partial charge in [0.05, 0.1) is 17.4 Å². The van der Waals surface area contributed by atoms with E-state index in [-0.39, 0.29) is 42.3 Å². The molecular weight excluding hydrogens is 572 g/mol. The molecule has 2 aromatic rings. The molecule has 1 aromatic carbocycles. The molecule has 1 aromatic heterocycles. The van der Waals surface area contributed by atoms with Crippen molar-refractivity contribution < 1.29 is 33.0 Å². The minimum Gasteiger partial charge on any atom is -0.487 e. The van der Waals surface area contributed by atoms with E-state index >= 15 is 0 Å². The van der Waals surface area contributed by atoms with E-state index in [0.717, 1.165) is 23.1 Å². The smallest absolute Gasteiger partial charge is 0.310 e. The number of aliphatic carboxylic acids is 1. The highest BCUT2D eigenvalue weighted by Crippen LogP contribution is 2.46. The van der Waals surface area contributed by atoms with Crippen molar-refractivity contribution in [3.8, 4) is 5.75 Å². The monoisotopic (exact) mass is 607 g/mol. The molecule has 1 saturated carbocycles. The Morgan fingerprint density at radius 3 is 2.67 bits per heavy atom. The Morgan fingerprint density at radius 2 is 2.00 bits per heavy atom. The number of halogens is 3. The second kappa shape index (κ2) is 11.8. The van der Waals surface area contributed by atoms with E-state index in [1.54, 1.807) is 28.9 Å². The van der Waals surface area contributed by atoms with Crippen LogP contribution >= 0.6 is 11.6 Å². The van der Waals surface area contributed by atoms with Crippen LogP contribution in [0.4, 0.5) is 8.78 Å². The van der Waals surface area contributed by atoms with Crippen LogP contribution in [0.5, 0.6) is 5.75 Å². The van der Waals surface area contributed by atoms with E-state index in [9.17, 15) is 28.3 Å². The molecule has 3 aliphatic rings. The molecule has 1 N–H and O–H groups in total. The number of rotatable bonds is 8. The van der Waals surface area contributed by atoms with Crippen molar-refractivity contribution in [2.24, 2.45) is 24.3 Å². The maximum Gasteiger partial charge on any atom is 0.310 e. The van der Waals surface area contributed by atoms with Gasteiger partial charge >= 0.3 is 5.97 Å². The maximum absolute atomic E-state index is 14.3. The Kier molecular flexibility index (Phi) is 8.46.